The van der Waals surface area contributed by atoms with Gasteiger partial charge in [-0.25, -0.2) is 4.98 Å². The molecule has 1 aliphatic rings. The second kappa shape index (κ2) is 6.82. The Bertz CT molecular complexity index is 369. The maximum atomic E-state index is 12.1. The van der Waals surface area contributed by atoms with Crippen LogP contribution in [-0.4, -0.2) is 36.7 Å². The Labute approximate surface area is 111 Å². The maximum absolute atomic E-state index is 12.1. The largest absolute Gasteiger partial charge is 0.379 e. The van der Waals surface area contributed by atoms with Gasteiger partial charge >= 0.3 is 0 Å². The number of rotatable bonds is 6. The van der Waals surface area contributed by atoms with E-state index in [0.29, 0.717) is 19.8 Å². The first-order valence-electron chi connectivity index (χ1n) is 6.27. The first-order chi connectivity index (χ1) is 8.81. The van der Waals surface area contributed by atoms with Gasteiger partial charge < -0.3 is 15.4 Å². The van der Waals surface area contributed by atoms with Crippen molar-refractivity contribution < 1.29 is 9.53 Å². The van der Waals surface area contributed by atoms with Gasteiger partial charge in [0.2, 0.25) is 5.91 Å². The normalized spacial score (nSPS) is 23.2. The summed E-state index contributed by atoms with van der Waals surface area (Å²) in [6, 6.07) is 0.139. The number of hydrogen-bond donors (Lipinski definition) is 2. The average molecular weight is 269 g/mol. The Morgan fingerprint density at radius 3 is 3.22 bits per heavy atom. The molecule has 5 nitrogen and oxygen atoms in total. The van der Waals surface area contributed by atoms with Gasteiger partial charge in [0.25, 0.3) is 0 Å². The number of thiazole rings is 1. The van der Waals surface area contributed by atoms with Crippen LogP contribution in [0.4, 0.5) is 0 Å². The van der Waals surface area contributed by atoms with Crippen molar-refractivity contribution in [3.05, 3.63) is 16.6 Å². The molecule has 2 atom stereocenters. The van der Waals surface area contributed by atoms with Crippen molar-refractivity contribution in [1.29, 1.82) is 0 Å². The van der Waals surface area contributed by atoms with Crippen LogP contribution in [0.2, 0.25) is 0 Å². The van der Waals surface area contributed by atoms with Gasteiger partial charge in [0.05, 0.1) is 36.9 Å². The zero-order chi connectivity index (χ0) is 12.8. The average Bonchev–Trinajstić information content (AvgIpc) is 3.04. The topological polar surface area (TPSA) is 63.2 Å². The third-order valence-corrected chi connectivity index (χ3v) is 3.64. The lowest BCUT2D eigenvalue weighted by molar-refractivity contribution is -0.125. The van der Waals surface area contributed by atoms with Crippen molar-refractivity contribution in [2.75, 3.05) is 19.8 Å². The van der Waals surface area contributed by atoms with Crippen LogP contribution in [0.25, 0.3) is 0 Å². The fourth-order valence-corrected chi connectivity index (χ4v) is 2.54. The van der Waals surface area contributed by atoms with Crippen LogP contribution in [0, 0.1) is 5.92 Å². The molecule has 18 heavy (non-hydrogen) atoms. The molecule has 0 aromatic carbocycles. The van der Waals surface area contributed by atoms with E-state index in [-0.39, 0.29) is 17.9 Å². The minimum Gasteiger partial charge on any atom is -0.379 e. The number of aromatic nitrogens is 1. The fraction of sp³-hybridized carbons (Fsp3) is 0.667. The summed E-state index contributed by atoms with van der Waals surface area (Å²) in [6.07, 6.45) is 1.06. The Hall–Kier alpha value is -0.980. The number of ether oxygens (including phenoxy) is 1. The standard InChI is InChI=1S/C12H19N3O2S/c1-2-3-13-11-6-17-5-10(11)12(16)14-4-9-7-18-8-15-9/h7-8,10-11,13H,2-6H2,1H3,(H,14,16). The third-order valence-electron chi connectivity index (χ3n) is 3.00. The van der Waals surface area contributed by atoms with Crippen LogP contribution in [0.5, 0.6) is 0 Å². The van der Waals surface area contributed by atoms with E-state index in [1.54, 1.807) is 5.51 Å². The summed E-state index contributed by atoms with van der Waals surface area (Å²) in [5.41, 5.74) is 2.68. The molecule has 0 radical (unpaired) electrons. The lowest BCUT2D eigenvalue weighted by atomic mass is 10.0. The molecule has 1 amide bonds. The predicted octanol–water partition coefficient (Wildman–Crippen LogP) is 0.774. The van der Waals surface area contributed by atoms with Crippen molar-refractivity contribution in [1.82, 2.24) is 15.6 Å². The number of carbonyl (C=O) groups is 1. The molecular formula is C12H19N3O2S. The zero-order valence-corrected chi connectivity index (χ0v) is 11.3. The molecule has 100 valence electrons. The van der Waals surface area contributed by atoms with Crippen LogP contribution in [-0.2, 0) is 16.1 Å². The molecule has 1 aliphatic heterocycles. The summed E-state index contributed by atoms with van der Waals surface area (Å²) in [5, 5.41) is 8.22. The number of nitrogens with zero attached hydrogens (tertiary/aromatic N) is 1. The Balaban J connectivity index is 1.80. The first kappa shape index (κ1) is 13.5. The van der Waals surface area contributed by atoms with Gasteiger partial charge in [0, 0.05) is 11.4 Å². The van der Waals surface area contributed by atoms with Gasteiger partial charge in [-0.15, -0.1) is 11.3 Å². The lowest BCUT2D eigenvalue weighted by Gasteiger charge is -2.18. The highest BCUT2D eigenvalue weighted by molar-refractivity contribution is 7.07. The van der Waals surface area contributed by atoms with Crippen LogP contribution in [0.15, 0.2) is 10.9 Å². The summed E-state index contributed by atoms with van der Waals surface area (Å²) < 4.78 is 5.39. The molecule has 2 N–H and O–H groups in total. The Morgan fingerprint density at radius 2 is 2.50 bits per heavy atom. The third kappa shape index (κ3) is 3.51. The van der Waals surface area contributed by atoms with Gasteiger partial charge in [-0.2, -0.15) is 0 Å². The summed E-state index contributed by atoms with van der Waals surface area (Å²) in [5.74, 6) is -0.0377. The fourth-order valence-electron chi connectivity index (χ4n) is 1.98. The second-order valence-corrected chi connectivity index (χ2v) is 5.12. The number of hydrogen-bond acceptors (Lipinski definition) is 5. The van der Waals surface area contributed by atoms with E-state index in [9.17, 15) is 4.79 Å². The summed E-state index contributed by atoms with van der Waals surface area (Å²) >= 11 is 1.54. The van der Waals surface area contributed by atoms with Crippen LogP contribution in [0.3, 0.4) is 0 Å². The quantitative estimate of drug-likeness (QED) is 0.801. The van der Waals surface area contributed by atoms with E-state index in [2.05, 4.69) is 22.5 Å². The Morgan fingerprint density at radius 1 is 1.61 bits per heavy atom. The van der Waals surface area contributed by atoms with Crippen molar-refractivity contribution in [2.45, 2.75) is 25.9 Å². The summed E-state index contributed by atoms with van der Waals surface area (Å²) in [6.45, 7) is 4.66. The van der Waals surface area contributed by atoms with Crippen LogP contribution in [0.1, 0.15) is 19.0 Å². The Kier molecular flexibility index (Phi) is 5.10. The first-order valence-corrected chi connectivity index (χ1v) is 7.21. The highest BCUT2D eigenvalue weighted by Gasteiger charge is 2.33. The van der Waals surface area contributed by atoms with Crippen molar-refractivity contribution in [2.24, 2.45) is 5.92 Å². The van der Waals surface area contributed by atoms with E-state index >= 15 is 0 Å². The molecule has 0 spiro atoms. The molecule has 6 heteroatoms. The van der Waals surface area contributed by atoms with E-state index in [1.807, 2.05) is 5.38 Å². The molecule has 2 unspecified atom stereocenters. The van der Waals surface area contributed by atoms with Gasteiger partial charge in [-0.05, 0) is 13.0 Å². The molecule has 2 heterocycles. The van der Waals surface area contributed by atoms with E-state index < -0.39 is 0 Å². The molecule has 0 aliphatic carbocycles. The monoisotopic (exact) mass is 269 g/mol. The van der Waals surface area contributed by atoms with Crippen molar-refractivity contribution in [3.8, 4) is 0 Å². The molecule has 1 aromatic rings. The van der Waals surface area contributed by atoms with E-state index in [4.69, 9.17) is 4.74 Å². The SMILES string of the molecule is CCCNC1COCC1C(=O)NCc1cscn1. The minimum atomic E-state index is -0.0878. The van der Waals surface area contributed by atoms with E-state index in [1.165, 1.54) is 11.3 Å². The molecule has 0 saturated carbocycles. The van der Waals surface area contributed by atoms with Gasteiger partial charge in [-0.3, -0.25) is 4.79 Å². The van der Waals surface area contributed by atoms with Crippen LogP contribution < -0.4 is 10.6 Å². The summed E-state index contributed by atoms with van der Waals surface area (Å²) in [7, 11) is 0. The van der Waals surface area contributed by atoms with Gasteiger partial charge in [0.1, 0.15) is 0 Å². The number of nitrogens with one attached hydrogen (secondary N) is 2. The molecule has 1 saturated heterocycles. The van der Waals surface area contributed by atoms with Gasteiger partial charge in [-0.1, -0.05) is 6.92 Å². The molecule has 1 aromatic heterocycles. The summed E-state index contributed by atoms with van der Waals surface area (Å²) in [4.78, 5) is 16.2. The predicted molar refractivity (Wildman–Crippen MR) is 70.4 cm³/mol. The highest BCUT2D eigenvalue weighted by atomic mass is 32.1. The number of carbonyl (C=O) groups excluding carboxylic acids is 1. The smallest absolute Gasteiger partial charge is 0.227 e. The molecule has 0 bridgehead atoms. The van der Waals surface area contributed by atoms with Crippen molar-refractivity contribution >= 4 is 17.2 Å². The van der Waals surface area contributed by atoms with Crippen molar-refractivity contribution in [3.63, 3.8) is 0 Å². The molecule has 1 fully saturated rings. The lowest BCUT2D eigenvalue weighted by Crippen LogP contribution is -2.44. The van der Waals surface area contributed by atoms with E-state index in [0.717, 1.165) is 18.7 Å². The highest BCUT2D eigenvalue weighted by Crippen LogP contribution is 2.14. The zero-order valence-electron chi connectivity index (χ0n) is 10.5. The minimum absolute atomic E-state index is 0.0501. The number of amides is 1. The van der Waals surface area contributed by atoms with Gasteiger partial charge in [0.15, 0.2) is 0 Å². The van der Waals surface area contributed by atoms with Crippen LogP contribution >= 0.6 is 11.3 Å². The maximum Gasteiger partial charge on any atom is 0.227 e. The molecule has 2 rings (SSSR count). The molecular weight excluding hydrogens is 250 g/mol. The second-order valence-electron chi connectivity index (χ2n) is 4.40.